The summed E-state index contributed by atoms with van der Waals surface area (Å²) in [4.78, 5) is 0. The Labute approximate surface area is 85.8 Å². The van der Waals surface area contributed by atoms with Crippen molar-refractivity contribution >= 4 is 69.0 Å². The van der Waals surface area contributed by atoms with Crippen molar-refractivity contribution in [3.05, 3.63) is 0 Å². The fraction of sp³-hybridized carbons (Fsp3) is 0. The molecule has 2 radical (unpaired) electrons. The van der Waals surface area contributed by atoms with Gasteiger partial charge in [-0.05, 0) is 0 Å². The van der Waals surface area contributed by atoms with E-state index in [2.05, 4.69) is 0 Å². The van der Waals surface area contributed by atoms with Gasteiger partial charge in [0.2, 0.25) is 0 Å². The van der Waals surface area contributed by atoms with Gasteiger partial charge in [0.15, 0.2) is 0 Å². The topological polar surface area (TPSA) is 60.7 Å². The third-order valence-corrected chi connectivity index (χ3v) is 0. The molecule has 0 aromatic carbocycles. The molecule has 0 aromatic heterocycles. The molecule has 0 fully saturated rings. The van der Waals surface area contributed by atoms with Gasteiger partial charge in [0.1, 0.15) is 0 Å². The van der Waals surface area contributed by atoms with Crippen LogP contribution in [0.3, 0.4) is 0 Å². The van der Waals surface area contributed by atoms with Crippen LogP contribution in [-0.4, -0.2) is 84.0 Å². The Bertz CT molecular complexity index is 22.0. The quantitative estimate of drug-likeness (QED) is 0.382. The Balaban J connectivity index is -0.00000000750. The Morgan fingerprint density at radius 1 is 1.17 bits per heavy atom. The molecule has 3 N–H and O–H groups in total. The molecule has 34 valence electrons. The molecule has 0 amide bonds. The molecular weight excluding hydrogens is 218 g/mol. The van der Waals surface area contributed by atoms with Gasteiger partial charge in [-0.1, -0.05) is 0 Å². The van der Waals surface area contributed by atoms with Crippen LogP contribution in [0.25, 0.3) is 0 Å². The third-order valence-electron chi connectivity index (χ3n) is 0. The Hall–Kier alpha value is 2.00. The molecule has 0 saturated heterocycles. The molecule has 0 aliphatic carbocycles. The van der Waals surface area contributed by atoms with E-state index >= 15 is 0 Å². The van der Waals surface area contributed by atoms with Gasteiger partial charge < -0.3 is 17.9 Å². The van der Waals surface area contributed by atoms with Gasteiger partial charge in [0.25, 0.3) is 0 Å². The first-order valence-corrected chi connectivity index (χ1v) is 0.775. The summed E-state index contributed by atoms with van der Waals surface area (Å²) in [7, 11) is -2.17. The minimum atomic E-state index is -2.17. The van der Waals surface area contributed by atoms with Gasteiger partial charge in [0.05, 0.1) is 0 Å². The first kappa shape index (κ1) is 15.7. The van der Waals surface area contributed by atoms with Crippen LogP contribution in [0, 0.1) is 0 Å². The normalized spacial score (nSPS) is 4.50. The summed E-state index contributed by atoms with van der Waals surface area (Å²) in [5.41, 5.74) is 0. The summed E-state index contributed by atoms with van der Waals surface area (Å²) >= 11 is 0. The second kappa shape index (κ2) is 10.1. The van der Waals surface area contributed by atoms with Crippen LogP contribution in [-0.2, 0) is 0 Å². The number of hydrogen-bond donors (Lipinski definition) is 3. The average Bonchev–Trinajstić information content (AvgIpc) is 0.811. The van der Waals surface area contributed by atoms with E-state index in [0.717, 1.165) is 0 Å². The van der Waals surface area contributed by atoms with Crippen molar-refractivity contribution in [1.29, 1.82) is 0 Å². The van der Waals surface area contributed by atoms with Gasteiger partial charge in [-0.3, -0.25) is 0 Å². The van der Waals surface area contributed by atoms with E-state index in [4.69, 9.17) is 15.1 Å². The Morgan fingerprint density at radius 2 is 1.17 bits per heavy atom. The Morgan fingerprint density at radius 3 is 1.17 bits per heavy atom. The predicted octanol–water partition coefficient (Wildman–Crippen LogP) is -3.12. The first-order valence-electron chi connectivity index (χ1n) is 0.775. The van der Waals surface area contributed by atoms with Crippen LogP contribution in [0.15, 0.2) is 0 Å². The second-order valence-corrected chi connectivity index (χ2v) is 0.346. The summed E-state index contributed by atoms with van der Waals surface area (Å²) < 4.78 is 0. The molecule has 6 heavy (non-hydrogen) atoms. The number of hydrogen-bond acceptors (Lipinski definition) is 3. The van der Waals surface area contributed by atoms with Crippen molar-refractivity contribution in [3.8, 4) is 0 Å². The third kappa shape index (κ3) is 37.4. The molecule has 0 unspecified atom stereocenters. The molecule has 0 aliphatic heterocycles. The van der Waals surface area contributed by atoms with E-state index in [1.54, 1.807) is 0 Å². The number of rotatable bonds is 0. The molecule has 3 nitrogen and oxygen atoms in total. The summed E-state index contributed by atoms with van der Waals surface area (Å²) in [5, 5.41) is 21.5. The molecule has 0 bridgehead atoms. The summed E-state index contributed by atoms with van der Waals surface area (Å²) in [6.45, 7) is 0. The average molecular weight is 225 g/mol. The van der Waals surface area contributed by atoms with Crippen molar-refractivity contribution < 1.29 is 17.9 Å². The van der Waals surface area contributed by atoms with Crippen LogP contribution < -0.4 is 0 Å². The molecule has 0 atom stereocenters. The van der Waals surface area contributed by atoms with E-state index in [1.165, 1.54) is 0 Å². The maximum atomic E-state index is 7.17. The van der Waals surface area contributed by atoms with Gasteiger partial charge in [-0.15, -0.1) is 0 Å². The van der Waals surface area contributed by atoms with Crippen molar-refractivity contribution in [3.63, 3.8) is 0 Å². The van der Waals surface area contributed by atoms with Gasteiger partial charge in [0, 0.05) is 0 Å². The van der Waals surface area contributed by atoms with Crippen LogP contribution in [0.5, 0.6) is 0 Å². The SMILES string of the molecule is OB(O)O.[Ca+2].[H-].[H-].[SnH2]. The molecular formula is H7BCaO3Sn. The summed E-state index contributed by atoms with van der Waals surface area (Å²) in [5.74, 6) is 0. The van der Waals surface area contributed by atoms with Crippen molar-refractivity contribution in [1.82, 2.24) is 0 Å². The maximum absolute atomic E-state index is 7.17. The standard InChI is InChI=1S/BH3O3.Ca.Sn.4H/c2-1(3)4;;;;;;/h2-4H;;;;;;/q;+2;;;;2*-1. The molecule has 0 aromatic rings. The van der Waals surface area contributed by atoms with Gasteiger partial charge >= 0.3 is 69.0 Å². The predicted molar refractivity (Wildman–Crippen MR) is 28.9 cm³/mol. The molecule has 0 saturated carbocycles. The summed E-state index contributed by atoms with van der Waals surface area (Å²) in [6.07, 6.45) is 0. The van der Waals surface area contributed by atoms with Crippen LogP contribution in [0.4, 0.5) is 0 Å². The van der Waals surface area contributed by atoms with E-state index in [-0.39, 0.29) is 64.5 Å². The van der Waals surface area contributed by atoms with Crippen LogP contribution in [0.2, 0.25) is 0 Å². The van der Waals surface area contributed by atoms with Gasteiger partial charge in [-0.25, -0.2) is 0 Å². The van der Waals surface area contributed by atoms with E-state index in [1.807, 2.05) is 0 Å². The fourth-order valence-electron chi connectivity index (χ4n) is 0. The van der Waals surface area contributed by atoms with Crippen LogP contribution in [0.1, 0.15) is 2.85 Å². The van der Waals surface area contributed by atoms with Crippen molar-refractivity contribution in [2.24, 2.45) is 0 Å². The molecule has 0 spiro atoms. The van der Waals surface area contributed by atoms with E-state index in [0.29, 0.717) is 0 Å². The molecule has 0 rings (SSSR count). The van der Waals surface area contributed by atoms with E-state index in [9.17, 15) is 0 Å². The monoisotopic (exact) mass is 226 g/mol. The zero-order valence-electron chi connectivity index (χ0n) is 5.33. The van der Waals surface area contributed by atoms with Crippen molar-refractivity contribution in [2.75, 3.05) is 0 Å². The fourth-order valence-corrected chi connectivity index (χ4v) is 0. The first-order chi connectivity index (χ1) is 1.73. The summed E-state index contributed by atoms with van der Waals surface area (Å²) in [6, 6.07) is 0. The van der Waals surface area contributed by atoms with Crippen LogP contribution >= 0.6 is 0 Å². The van der Waals surface area contributed by atoms with Gasteiger partial charge in [-0.2, -0.15) is 0 Å². The minimum absolute atomic E-state index is 0. The molecule has 0 aliphatic rings. The van der Waals surface area contributed by atoms with E-state index < -0.39 is 7.32 Å². The Kier molecular flexibility index (Phi) is 26.4. The second-order valence-electron chi connectivity index (χ2n) is 0.346. The molecule has 6 heteroatoms. The van der Waals surface area contributed by atoms with Crippen molar-refractivity contribution in [2.45, 2.75) is 0 Å². The zero-order valence-corrected chi connectivity index (χ0v) is 9.58. The molecule has 0 heterocycles. The zero-order chi connectivity index (χ0) is 3.58.